The van der Waals surface area contributed by atoms with Crippen molar-refractivity contribution in [3.05, 3.63) is 111 Å². The van der Waals surface area contributed by atoms with Gasteiger partial charge in [-0.3, -0.25) is 14.3 Å². The van der Waals surface area contributed by atoms with Crippen molar-refractivity contribution < 1.29 is 9.50 Å². The van der Waals surface area contributed by atoms with Gasteiger partial charge in [-0.15, -0.1) is 23.7 Å². The fraction of sp³-hybridized carbons (Fsp3) is 0.138. The van der Waals surface area contributed by atoms with Gasteiger partial charge >= 0.3 is 0 Å². The minimum absolute atomic E-state index is 0. The summed E-state index contributed by atoms with van der Waals surface area (Å²) in [6.07, 6.45) is 2.33. The number of halogens is 2. The second-order valence-electron chi connectivity index (χ2n) is 8.52. The molecule has 0 bridgehead atoms. The molecule has 5 nitrogen and oxygen atoms in total. The Hall–Kier alpha value is -3.81. The van der Waals surface area contributed by atoms with E-state index in [2.05, 4.69) is 4.98 Å². The predicted octanol–water partition coefficient (Wildman–Crippen LogP) is 6.83. The van der Waals surface area contributed by atoms with Crippen molar-refractivity contribution in [3.8, 4) is 38.8 Å². The second kappa shape index (κ2) is 11.1. The standard InChI is InChI=1S/C29H24FN3O2S.ClH/c1-18-26(25-17-22(19(2)36-25)24-13-6-7-15-31-24)29(35)33(16-14-20-9-4-3-5-10-20)28(32-18)21-11-8-12-23(30)27(21)34;/h3-13,15,17,34H,14,16H2,1-2H3;1H. The Kier molecular flexibility index (Phi) is 7.86. The van der Waals surface area contributed by atoms with Gasteiger partial charge in [-0.25, -0.2) is 9.37 Å². The molecule has 0 unspecified atom stereocenters. The molecule has 3 aromatic heterocycles. The minimum Gasteiger partial charge on any atom is -0.504 e. The number of aromatic nitrogens is 3. The van der Waals surface area contributed by atoms with Gasteiger partial charge < -0.3 is 5.11 Å². The van der Waals surface area contributed by atoms with Gasteiger partial charge in [-0.05, 0) is 56.2 Å². The van der Waals surface area contributed by atoms with Gasteiger partial charge in [-0.1, -0.05) is 42.5 Å². The Morgan fingerprint density at radius 2 is 1.73 bits per heavy atom. The molecule has 0 atom stereocenters. The molecule has 8 heteroatoms. The first kappa shape index (κ1) is 26.3. The van der Waals surface area contributed by atoms with Gasteiger partial charge in [0.05, 0.1) is 22.5 Å². The molecule has 5 rings (SSSR count). The lowest BCUT2D eigenvalue weighted by Crippen LogP contribution is -2.27. The number of thiophene rings is 1. The number of benzene rings is 2. The third-order valence-electron chi connectivity index (χ3n) is 6.15. The quantitative estimate of drug-likeness (QED) is 0.260. The summed E-state index contributed by atoms with van der Waals surface area (Å²) < 4.78 is 15.8. The molecule has 0 amide bonds. The summed E-state index contributed by atoms with van der Waals surface area (Å²) in [6, 6.07) is 21.8. The van der Waals surface area contributed by atoms with Crippen LogP contribution in [-0.2, 0) is 13.0 Å². The summed E-state index contributed by atoms with van der Waals surface area (Å²) in [4.78, 5) is 25.0. The molecule has 1 N–H and O–H groups in total. The highest BCUT2D eigenvalue weighted by atomic mass is 35.5. The van der Waals surface area contributed by atoms with Crippen molar-refractivity contribution in [1.82, 2.24) is 14.5 Å². The number of phenols is 1. The molecular formula is C29H25ClFN3O2S. The topological polar surface area (TPSA) is 68.0 Å². The Balaban J connectivity index is 0.00000320. The van der Waals surface area contributed by atoms with E-state index in [4.69, 9.17) is 4.98 Å². The van der Waals surface area contributed by atoms with Gasteiger partial charge in [0.1, 0.15) is 5.82 Å². The van der Waals surface area contributed by atoms with E-state index in [1.165, 1.54) is 23.5 Å². The Labute approximate surface area is 224 Å². The molecule has 0 fully saturated rings. The highest BCUT2D eigenvalue weighted by Crippen LogP contribution is 2.37. The lowest BCUT2D eigenvalue weighted by Gasteiger charge is -2.16. The van der Waals surface area contributed by atoms with Gasteiger partial charge in [0, 0.05) is 28.1 Å². The molecule has 5 aromatic rings. The molecular weight excluding hydrogens is 509 g/mol. The maximum absolute atomic E-state index is 14.2. The van der Waals surface area contributed by atoms with Crippen LogP contribution in [0.2, 0.25) is 0 Å². The van der Waals surface area contributed by atoms with E-state index in [1.54, 1.807) is 23.8 Å². The van der Waals surface area contributed by atoms with Crippen LogP contribution in [0, 0.1) is 19.7 Å². The van der Waals surface area contributed by atoms with Crippen molar-refractivity contribution in [2.45, 2.75) is 26.8 Å². The van der Waals surface area contributed by atoms with Crippen LogP contribution in [0.15, 0.2) is 83.8 Å². The van der Waals surface area contributed by atoms with Gasteiger partial charge in [0.15, 0.2) is 11.6 Å². The van der Waals surface area contributed by atoms with Crippen LogP contribution in [0.4, 0.5) is 4.39 Å². The molecule has 0 radical (unpaired) electrons. The van der Waals surface area contributed by atoms with Crippen molar-refractivity contribution in [2.75, 3.05) is 0 Å². The average molecular weight is 534 g/mol. The molecule has 0 spiro atoms. The first-order valence-electron chi connectivity index (χ1n) is 11.6. The van der Waals surface area contributed by atoms with E-state index in [-0.39, 0.29) is 29.4 Å². The summed E-state index contributed by atoms with van der Waals surface area (Å²) in [5, 5.41) is 10.5. The SMILES string of the molecule is Cc1nc(-c2cccc(F)c2O)n(CCc2ccccc2)c(=O)c1-c1cc(-c2ccccn2)c(C)s1.Cl. The zero-order valence-corrected chi connectivity index (χ0v) is 21.9. The summed E-state index contributed by atoms with van der Waals surface area (Å²) in [5.41, 5.74) is 3.84. The maximum atomic E-state index is 14.2. The van der Waals surface area contributed by atoms with E-state index in [0.717, 1.165) is 26.6 Å². The number of rotatable bonds is 6. The van der Waals surface area contributed by atoms with E-state index < -0.39 is 11.6 Å². The zero-order valence-electron chi connectivity index (χ0n) is 20.3. The fourth-order valence-electron chi connectivity index (χ4n) is 4.32. The van der Waals surface area contributed by atoms with E-state index >= 15 is 0 Å². The molecule has 0 saturated carbocycles. The van der Waals surface area contributed by atoms with E-state index in [0.29, 0.717) is 24.2 Å². The van der Waals surface area contributed by atoms with E-state index in [9.17, 15) is 14.3 Å². The highest BCUT2D eigenvalue weighted by Gasteiger charge is 2.22. The van der Waals surface area contributed by atoms with Crippen LogP contribution < -0.4 is 5.56 Å². The maximum Gasteiger partial charge on any atom is 0.262 e. The first-order valence-corrected chi connectivity index (χ1v) is 12.4. The summed E-state index contributed by atoms with van der Waals surface area (Å²) >= 11 is 1.52. The highest BCUT2D eigenvalue weighted by molar-refractivity contribution is 7.16. The summed E-state index contributed by atoms with van der Waals surface area (Å²) in [6.45, 7) is 4.10. The summed E-state index contributed by atoms with van der Waals surface area (Å²) in [7, 11) is 0. The monoisotopic (exact) mass is 533 g/mol. The molecule has 0 aliphatic heterocycles. The molecule has 0 saturated heterocycles. The van der Waals surface area contributed by atoms with Gasteiger partial charge in [0.25, 0.3) is 5.56 Å². The number of para-hydroxylation sites is 1. The predicted molar refractivity (Wildman–Crippen MR) is 149 cm³/mol. The molecule has 0 aliphatic carbocycles. The number of hydrogen-bond donors (Lipinski definition) is 1. The van der Waals surface area contributed by atoms with Crippen LogP contribution in [0.1, 0.15) is 16.1 Å². The number of pyridine rings is 1. The lowest BCUT2D eigenvalue weighted by molar-refractivity contribution is 0.433. The molecule has 2 aromatic carbocycles. The average Bonchev–Trinajstić information content (AvgIpc) is 3.27. The molecule has 188 valence electrons. The molecule has 0 aliphatic rings. The number of nitrogens with zero attached hydrogens (tertiary/aromatic N) is 3. The number of hydrogen-bond acceptors (Lipinski definition) is 5. The molecule has 37 heavy (non-hydrogen) atoms. The molecule has 3 heterocycles. The Morgan fingerprint density at radius 1 is 0.973 bits per heavy atom. The third-order valence-corrected chi connectivity index (χ3v) is 7.22. The van der Waals surface area contributed by atoms with Crippen LogP contribution in [0.3, 0.4) is 0 Å². The van der Waals surface area contributed by atoms with Crippen molar-refractivity contribution in [3.63, 3.8) is 0 Å². The number of phenolic OH excluding ortho intramolecular Hbond substituents is 1. The first-order chi connectivity index (χ1) is 17.4. The number of aryl methyl sites for hydroxylation is 3. The van der Waals surface area contributed by atoms with Crippen molar-refractivity contribution in [2.24, 2.45) is 0 Å². The van der Waals surface area contributed by atoms with Crippen LogP contribution in [-0.4, -0.2) is 19.6 Å². The van der Waals surface area contributed by atoms with Crippen LogP contribution in [0.5, 0.6) is 5.75 Å². The lowest BCUT2D eigenvalue weighted by atomic mass is 10.1. The second-order valence-corrected chi connectivity index (χ2v) is 9.78. The normalized spacial score (nSPS) is 10.8. The van der Waals surface area contributed by atoms with E-state index in [1.807, 2.05) is 61.5 Å². The Morgan fingerprint density at radius 3 is 2.46 bits per heavy atom. The van der Waals surface area contributed by atoms with Crippen molar-refractivity contribution in [1.29, 1.82) is 0 Å². The number of aromatic hydroxyl groups is 1. The minimum atomic E-state index is -0.757. The third kappa shape index (κ3) is 5.19. The zero-order chi connectivity index (χ0) is 25.2. The fourth-order valence-corrected chi connectivity index (χ4v) is 5.44. The van der Waals surface area contributed by atoms with Crippen molar-refractivity contribution >= 4 is 23.7 Å². The summed E-state index contributed by atoms with van der Waals surface area (Å²) in [5.74, 6) is -1.03. The smallest absolute Gasteiger partial charge is 0.262 e. The van der Waals surface area contributed by atoms with Crippen LogP contribution in [0.25, 0.3) is 33.1 Å². The largest absolute Gasteiger partial charge is 0.504 e. The van der Waals surface area contributed by atoms with Crippen LogP contribution >= 0.6 is 23.7 Å². The van der Waals surface area contributed by atoms with Gasteiger partial charge in [-0.2, -0.15) is 0 Å². The Bertz CT molecular complexity index is 1600. The van der Waals surface area contributed by atoms with Gasteiger partial charge in [0.2, 0.25) is 0 Å².